The first-order valence-electron chi connectivity index (χ1n) is 13.6. The fraction of sp³-hybridized carbons (Fsp3) is 0.833. The highest BCUT2D eigenvalue weighted by atomic mass is 32.3. The molecule has 0 aliphatic heterocycles. The molecule has 8 aliphatic rings. The van der Waals surface area contributed by atoms with Gasteiger partial charge in [-0.1, -0.05) is 23.3 Å². The largest absolute Gasteiger partial charge is 0.432 e. The average Bonchev–Trinajstić information content (AvgIpc) is 2.75. The number of nitrogens with zero attached hydrogens (tertiary/aromatic N) is 1. The van der Waals surface area contributed by atoms with Crippen LogP contribution in [0.15, 0.2) is 23.3 Å². The Hall–Kier alpha value is -0.590. The van der Waals surface area contributed by atoms with Crippen LogP contribution in [0.5, 0.6) is 0 Å². The molecule has 0 heterocycles. The SMILES string of the molecule is O=P(O)(O)N(S(=O)(=O)NCC=C1C2CC3CC(C2)CC1C3)S(=O)(=O)NCC=C1C2CC3CC(C2)CC1C3. The van der Waals surface area contributed by atoms with Crippen molar-refractivity contribution in [2.45, 2.75) is 64.2 Å². The van der Waals surface area contributed by atoms with Crippen LogP contribution >= 0.6 is 7.75 Å². The van der Waals surface area contributed by atoms with E-state index in [1.54, 1.807) is 12.2 Å². The van der Waals surface area contributed by atoms with Gasteiger partial charge in [0, 0.05) is 16.6 Å². The van der Waals surface area contributed by atoms with Crippen LogP contribution in [0.1, 0.15) is 64.2 Å². The summed E-state index contributed by atoms with van der Waals surface area (Å²) in [4.78, 5) is 19.5. The van der Waals surface area contributed by atoms with E-state index in [0.29, 0.717) is 23.7 Å². The van der Waals surface area contributed by atoms with Gasteiger partial charge in [-0.3, -0.25) is 0 Å². The highest BCUT2D eigenvalue weighted by Crippen LogP contribution is 2.57. The molecule has 208 valence electrons. The summed E-state index contributed by atoms with van der Waals surface area (Å²) in [6.45, 7) is -0.413. The molecule has 13 heteroatoms. The first kappa shape index (κ1) is 26.6. The van der Waals surface area contributed by atoms with E-state index in [1.807, 2.05) is 0 Å². The number of nitrogens with one attached hydrogen (secondary N) is 2. The van der Waals surface area contributed by atoms with E-state index in [-0.39, 0.29) is 13.1 Å². The average molecular weight is 576 g/mol. The Bertz CT molecular complexity index is 1110. The van der Waals surface area contributed by atoms with Gasteiger partial charge >= 0.3 is 28.2 Å². The number of hydrogen-bond acceptors (Lipinski definition) is 5. The standard InChI is InChI=1S/C24H38N3O7PS2/c28-35(29,30)27(36(31,32)25-3-1-23-19-7-15-5-16(9-19)10-20(23)8-15)37(33,34)26-4-2-24-21-11-17-6-18(13-21)14-22(24)12-17/h1-2,15-22,25-26H,3-14H2,(H2,28,29,30). The third kappa shape index (κ3) is 5.17. The molecule has 0 aromatic heterocycles. The molecule has 0 atom stereocenters. The van der Waals surface area contributed by atoms with Gasteiger partial charge in [0.1, 0.15) is 0 Å². The van der Waals surface area contributed by atoms with E-state index in [4.69, 9.17) is 0 Å². The van der Waals surface area contributed by atoms with E-state index in [0.717, 1.165) is 75.0 Å². The topological polar surface area (TPSA) is 153 Å². The summed E-state index contributed by atoms with van der Waals surface area (Å²) in [6.07, 6.45) is 15.0. The summed E-state index contributed by atoms with van der Waals surface area (Å²) >= 11 is 0. The van der Waals surface area contributed by atoms with Crippen molar-refractivity contribution in [3.8, 4) is 0 Å². The number of allylic oxidation sites excluding steroid dienone is 2. The molecule has 0 aromatic carbocycles. The second-order valence-corrected chi connectivity index (χ2v) is 17.8. The highest BCUT2D eigenvalue weighted by Gasteiger charge is 2.48. The fourth-order valence-electron chi connectivity index (χ4n) is 9.17. The van der Waals surface area contributed by atoms with Gasteiger partial charge in [-0.15, -0.1) is 0 Å². The lowest BCUT2D eigenvalue weighted by Crippen LogP contribution is -2.47. The molecule has 0 spiro atoms. The Kier molecular flexibility index (Phi) is 6.84. The zero-order valence-electron chi connectivity index (χ0n) is 20.9. The van der Waals surface area contributed by atoms with Crippen LogP contribution < -0.4 is 9.44 Å². The molecule has 8 fully saturated rings. The molecular formula is C24H38N3O7PS2. The van der Waals surface area contributed by atoms with Crippen LogP contribution in [-0.4, -0.2) is 43.2 Å². The Morgan fingerprint density at radius 1 is 0.649 bits per heavy atom. The minimum atomic E-state index is -5.72. The normalized spacial score (nSPS) is 38.6. The van der Waals surface area contributed by atoms with E-state index >= 15 is 0 Å². The maximum Gasteiger partial charge on any atom is 0.432 e. The molecule has 0 aromatic rings. The van der Waals surface area contributed by atoms with Crippen LogP contribution in [0.4, 0.5) is 0 Å². The minimum absolute atomic E-state index is 0.207. The van der Waals surface area contributed by atoms with Gasteiger partial charge in [0.2, 0.25) is 0 Å². The quantitative estimate of drug-likeness (QED) is 0.244. The molecule has 0 unspecified atom stereocenters. The van der Waals surface area contributed by atoms with Gasteiger partial charge in [-0.2, -0.15) is 26.3 Å². The van der Waals surface area contributed by atoms with Gasteiger partial charge in [0.25, 0.3) is 0 Å². The van der Waals surface area contributed by atoms with E-state index in [2.05, 4.69) is 9.44 Å². The van der Waals surface area contributed by atoms with Crippen molar-refractivity contribution in [3.05, 3.63) is 23.3 Å². The molecule has 0 saturated heterocycles. The third-order valence-electron chi connectivity index (χ3n) is 9.99. The molecular weight excluding hydrogens is 537 g/mol. The molecule has 8 bridgehead atoms. The maximum atomic E-state index is 12.9. The Labute approximate surface area is 219 Å². The summed E-state index contributed by atoms with van der Waals surface area (Å²) < 4.78 is 67.2. The lowest BCUT2D eigenvalue weighted by Gasteiger charge is -2.51. The summed E-state index contributed by atoms with van der Waals surface area (Å²) in [5.41, 5.74) is 2.42. The van der Waals surface area contributed by atoms with Crippen LogP contribution in [0.2, 0.25) is 0 Å². The molecule has 8 saturated carbocycles. The van der Waals surface area contributed by atoms with Crippen molar-refractivity contribution >= 4 is 28.2 Å². The molecule has 37 heavy (non-hydrogen) atoms. The van der Waals surface area contributed by atoms with Crippen LogP contribution in [0.25, 0.3) is 0 Å². The molecule has 8 aliphatic carbocycles. The number of rotatable bonds is 9. The van der Waals surface area contributed by atoms with E-state index in [1.165, 1.54) is 24.0 Å². The van der Waals surface area contributed by atoms with E-state index in [9.17, 15) is 31.2 Å². The second-order valence-electron chi connectivity index (χ2n) is 12.4. The lowest BCUT2D eigenvalue weighted by atomic mass is 9.54. The zero-order chi connectivity index (χ0) is 26.2. The highest BCUT2D eigenvalue weighted by molar-refractivity contribution is 8.08. The lowest BCUT2D eigenvalue weighted by molar-refractivity contribution is 0.0693. The van der Waals surface area contributed by atoms with Crippen molar-refractivity contribution in [2.75, 3.05) is 13.1 Å². The van der Waals surface area contributed by atoms with Crippen molar-refractivity contribution in [3.63, 3.8) is 0 Å². The summed E-state index contributed by atoms with van der Waals surface area (Å²) in [7, 11) is -15.8. The molecule has 0 amide bonds. The predicted octanol–water partition coefficient (Wildman–Crippen LogP) is 2.81. The summed E-state index contributed by atoms with van der Waals surface area (Å²) in [6, 6.07) is 0. The Morgan fingerprint density at radius 3 is 1.22 bits per heavy atom. The van der Waals surface area contributed by atoms with Crippen molar-refractivity contribution in [1.82, 2.24) is 12.9 Å². The van der Waals surface area contributed by atoms with Gasteiger partial charge in [-0.05, 0) is 112 Å². The molecule has 4 N–H and O–H groups in total. The molecule has 0 radical (unpaired) electrons. The maximum absolute atomic E-state index is 12.9. The predicted molar refractivity (Wildman–Crippen MR) is 138 cm³/mol. The van der Waals surface area contributed by atoms with Crippen molar-refractivity contribution in [1.29, 1.82) is 0 Å². The molecule has 10 nitrogen and oxygen atoms in total. The Morgan fingerprint density at radius 2 is 0.946 bits per heavy atom. The third-order valence-corrected chi connectivity index (χ3v) is 16.0. The first-order valence-corrected chi connectivity index (χ1v) is 18.1. The second kappa shape index (κ2) is 9.51. The van der Waals surface area contributed by atoms with Gasteiger partial charge in [0.15, 0.2) is 0 Å². The van der Waals surface area contributed by atoms with Gasteiger partial charge < -0.3 is 9.79 Å². The zero-order valence-corrected chi connectivity index (χ0v) is 23.4. The monoisotopic (exact) mass is 575 g/mol. The first-order chi connectivity index (χ1) is 17.4. The molecule has 8 rings (SSSR count). The van der Waals surface area contributed by atoms with Crippen LogP contribution in [0, 0.1) is 47.3 Å². The summed E-state index contributed by atoms with van der Waals surface area (Å²) in [5, 5.41) is 0. The van der Waals surface area contributed by atoms with Gasteiger partial charge in [0.05, 0.1) is 0 Å². The van der Waals surface area contributed by atoms with Crippen LogP contribution in [0.3, 0.4) is 0 Å². The van der Waals surface area contributed by atoms with Crippen LogP contribution in [-0.2, 0) is 25.0 Å². The van der Waals surface area contributed by atoms with Crippen molar-refractivity contribution in [2.24, 2.45) is 47.3 Å². The minimum Gasteiger partial charge on any atom is -0.311 e. The Balaban J connectivity index is 1.13. The smallest absolute Gasteiger partial charge is 0.311 e. The van der Waals surface area contributed by atoms with E-state index < -0.39 is 31.6 Å². The summed E-state index contributed by atoms with van der Waals surface area (Å²) in [5.74, 6) is 4.70. The van der Waals surface area contributed by atoms with Crippen molar-refractivity contribution < 1.29 is 31.2 Å². The fourth-order valence-corrected chi connectivity index (χ4v) is 13.9. The number of hydrogen-bond donors (Lipinski definition) is 4. The van der Waals surface area contributed by atoms with Gasteiger partial charge in [-0.25, -0.2) is 4.57 Å².